The second kappa shape index (κ2) is 8.67. The van der Waals surface area contributed by atoms with Crippen molar-refractivity contribution in [1.82, 2.24) is 0 Å². The molecule has 0 aliphatic carbocycles. The molecule has 3 rings (SSSR count). The molecule has 0 fully saturated rings. The molecule has 136 valence electrons. The van der Waals surface area contributed by atoms with Crippen molar-refractivity contribution in [1.29, 1.82) is 0 Å². The molecule has 0 spiro atoms. The molecule has 27 heavy (non-hydrogen) atoms. The minimum atomic E-state index is -0.432. The van der Waals surface area contributed by atoms with Gasteiger partial charge in [-0.05, 0) is 54.1 Å². The molecule has 3 aromatic rings. The maximum absolute atomic E-state index is 12.2. The smallest absolute Gasteiger partial charge is 0.338 e. The molecule has 0 bridgehead atoms. The quantitative estimate of drug-likeness (QED) is 0.599. The van der Waals surface area contributed by atoms with E-state index in [0.29, 0.717) is 16.9 Å². The van der Waals surface area contributed by atoms with Gasteiger partial charge in [-0.25, -0.2) is 9.59 Å². The standard InChI is InChI=1S/C22H18O5/c1-25-21(23)17-9-7-16(8-10-17)15-26-22(24)18-11-13-20(14-12-18)27-19-5-3-2-4-6-19/h2-14H,15H2,1H3. The zero-order chi connectivity index (χ0) is 19.1. The molecule has 0 atom stereocenters. The van der Waals surface area contributed by atoms with Gasteiger partial charge in [0.05, 0.1) is 18.2 Å². The van der Waals surface area contributed by atoms with Crippen LogP contribution in [0.15, 0.2) is 78.9 Å². The number of rotatable bonds is 6. The summed E-state index contributed by atoms with van der Waals surface area (Å²) in [5.74, 6) is 0.522. The van der Waals surface area contributed by atoms with Crippen molar-refractivity contribution in [3.05, 3.63) is 95.6 Å². The highest BCUT2D eigenvalue weighted by molar-refractivity contribution is 5.90. The summed E-state index contributed by atoms with van der Waals surface area (Å²) < 4.78 is 15.6. The second-order valence-corrected chi connectivity index (χ2v) is 5.70. The molecule has 0 saturated heterocycles. The average molecular weight is 362 g/mol. The van der Waals surface area contributed by atoms with E-state index >= 15 is 0 Å². The van der Waals surface area contributed by atoms with E-state index in [1.54, 1.807) is 48.5 Å². The molecule has 0 N–H and O–H groups in total. The SMILES string of the molecule is COC(=O)c1ccc(COC(=O)c2ccc(Oc3ccccc3)cc2)cc1. The molecule has 0 radical (unpaired) electrons. The van der Waals surface area contributed by atoms with Gasteiger partial charge >= 0.3 is 11.9 Å². The van der Waals surface area contributed by atoms with Crippen LogP contribution in [-0.2, 0) is 16.1 Å². The normalized spacial score (nSPS) is 10.1. The van der Waals surface area contributed by atoms with Gasteiger partial charge in [-0.1, -0.05) is 30.3 Å². The number of carbonyl (C=O) groups excluding carboxylic acids is 2. The minimum Gasteiger partial charge on any atom is -0.465 e. The highest BCUT2D eigenvalue weighted by Gasteiger charge is 2.09. The Morgan fingerprint density at radius 1 is 0.704 bits per heavy atom. The van der Waals surface area contributed by atoms with Gasteiger partial charge in [0.2, 0.25) is 0 Å². The van der Waals surface area contributed by atoms with Gasteiger partial charge in [-0.3, -0.25) is 0 Å². The van der Waals surface area contributed by atoms with E-state index in [4.69, 9.17) is 9.47 Å². The minimum absolute atomic E-state index is 0.114. The fourth-order valence-corrected chi connectivity index (χ4v) is 2.37. The molecule has 0 saturated carbocycles. The van der Waals surface area contributed by atoms with Gasteiger partial charge in [0.25, 0.3) is 0 Å². The molecule has 0 heterocycles. The van der Waals surface area contributed by atoms with Crippen LogP contribution < -0.4 is 4.74 Å². The largest absolute Gasteiger partial charge is 0.465 e. The summed E-state index contributed by atoms with van der Waals surface area (Å²) in [5.41, 5.74) is 1.66. The Hall–Kier alpha value is -3.60. The third kappa shape index (κ3) is 4.95. The third-order valence-corrected chi connectivity index (χ3v) is 3.81. The summed E-state index contributed by atoms with van der Waals surface area (Å²) in [4.78, 5) is 23.6. The molecule has 5 nitrogen and oxygen atoms in total. The van der Waals surface area contributed by atoms with Gasteiger partial charge in [-0.15, -0.1) is 0 Å². The van der Waals surface area contributed by atoms with Gasteiger partial charge in [0, 0.05) is 0 Å². The molecule has 0 aliphatic heterocycles. The van der Waals surface area contributed by atoms with E-state index in [2.05, 4.69) is 4.74 Å². The van der Waals surface area contributed by atoms with E-state index < -0.39 is 11.9 Å². The van der Waals surface area contributed by atoms with Crippen LogP contribution in [0.2, 0.25) is 0 Å². The molecule has 5 heteroatoms. The van der Waals surface area contributed by atoms with Crippen molar-refractivity contribution >= 4 is 11.9 Å². The Morgan fingerprint density at radius 2 is 1.26 bits per heavy atom. The number of hydrogen-bond acceptors (Lipinski definition) is 5. The molecular formula is C22H18O5. The lowest BCUT2D eigenvalue weighted by Crippen LogP contribution is -2.06. The van der Waals surface area contributed by atoms with Crippen LogP contribution in [0.1, 0.15) is 26.3 Å². The predicted molar refractivity (Wildman–Crippen MR) is 99.9 cm³/mol. The Morgan fingerprint density at radius 3 is 1.89 bits per heavy atom. The number of benzene rings is 3. The maximum atomic E-state index is 12.2. The number of methoxy groups -OCH3 is 1. The fourth-order valence-electron chi connectivity index (χ4n) is 2.37. The lowest BCUT2D eigenvalue weighted by atomic mass is 10.1. The van der Waals surface area contributed by atoms with Gasteiger partial charge in [-0.2, -0.15) is 0 Å². The summed E-state index contributed by atoms with van der Waals surface area (Å²) >= 11 is 0. The van der Waals surface area contributed by atoms with Crippen molar-refractivity contribution in [2.45, 2.75) is 6.61 Å². The van der Waals surface area contributed by atoms with E-state index in [-0.39, 0.29) is 6.61 Å². The van der Waals surface area contributed by atoms with E-state index in [1.165, 1.54) is 7.11 Å². The highest BCUT2D eigenvalue weighted by atomic mass is 16.5. The highest BCUT2D eigenvalue weighted by Crippen LogP contribution is 2.21. The number of para-hydroxylation sites is 1. The fraction of sp³-hybridized carbons (Fsp3) is 0.0909. The molecule has 0 aromatic heterocycles. The second-order valence-electron chi connectivity index (χ2n) is 5.70. The number of carbonyl (C=O) groups is 2. The molecule has 0 aliphatic rings. The van der Waals surface area contributed by atoms with E-state index in [0.717, 1.165) is 11.3 Å². The third-order valence-electron chi connectivity index (χ3n) is 3.81. The average Bonchev–Trinajstić information content (AvgIpc) is 2.73. The van der Waals surface area contributed by atoms with Gasteiger partial charge in [0.1, 0.15) is 18.1 Å². The summed E-state index contributed by atoms with van der Waals surface area (Å²) in [5, 5.41) is 0. The van der Waals surface area contributed by atoms with Crippen LogP contribution in [-0.4, -0.2) is 19.0 Å². The Bertz CT molecular complexity index is 900. The first-order valence-corrected chi connectivity index (χ1v) is 8.33. The topological polar surface area (TPSA) is 61.8 Å². The first-order valence-electron chi connectivity index (χ1n) is 8.33. The van der Waals surface area contributed by atoms with Crippen LogP contribution in [0.25, 0.3) is 0 Å². The first-order chi connectivity index (χ1) is 13.2. The molecule has 0 amide bonds. The Labute approximate surface area is 157 Å². The zero-order valence-corrected chi connectivity index (χ0v) is 14.8. The summed E-state index contributed by atoms with van der Waals surface area (Å²) in [6.07, 6.45) is 0. The maximum Gasteiger partial charge on any atom is 0.338 e. The molecular weight excluding hydrogens is 344 g/mol. The van der Waals surface area contributed by atoms with Gasteiger partial charge in [0.15, 0.2) is 0 Å². The van der Waals surface area contributed by atoms with Crippen LogP contribution in [0.5, 0.6) is 11.5 Å². The Kier molecular flexibility index (Phi) is 5.84. The van der Waals surface area contributed by atoms with Crippen molar-refractivity contribution < 1.29 is 23.8 Å². The van der Waals surface area contributed by atoms with Crippen LogP contribution in [0.4, 0.5) is 0 Å². The number of hydrogen-bond donors (Lipinski definition) is 0. The number of esters is 2. The number of ether oxygens (including phenoxy) is 3. The van der Waals surface area contributed by atoms with Crippen molar-refractivity contribution in [3.8, 4) is 11.5 Å². The van der Waals surface area contributed by atoms with Crippen LogP contribution >= 0.6 is 0 Å². The first kappa shape index (κ1) is 18.2. The lowest BCUT2D eigenvalue weighted by molar-refractivity contribution is 0.0471. The van der Waals surface area contributed by atoms with Gasteiger partial charge < -0.3 is 14.2 Å². The van der Waals surface area contributed by atoms with Crippen molar-refractivity contribution in [2.24, 2.45) is 0 Å². The van der Waals surface area contributed by atoms with Crippen LogP contribution in [0, 0.1) is 0 Å². The zero-order valence-electron chi connectivity index (χ0n) is 14.8. The summed E-state index contributed by atoms with van der Waals surface area (Å²) in [6, 6.07) is 22.8. The Balaban J connectivity index is 1.55. The predicted octanol–water partition coefficient (Wildman–Crippen LogP) is 4.62. The summed E-state index contributed by atoms with van der Waals surface area (Å²) in [6.45, 7) is 0.114. The van der Waals surface area contributed by atoms with Crippen molar-refractivity contribution in [2.75, 3.05) is 7.11 Å². The lowest BCUT2D eigenvalue weighted by Gasteiger charge is -2.08. The monoisotopic (exact) mass is 362 g/mol. The van der Waals surface area contributed by atoms with Crippen molar-refractivity contribution in [3.63, 3.8) is 0 Å². The van der Waals surface area contributed by atoms with E-state index in [9.17, 15) is 9.59 Å². The molecule has 0 unspecified atom stereocenters. The summed E-state index contributed by atoms with van der Waals surface area (Å²) in [7, 11) is 1.33. The van der Waals surface area contributed by atoms with Crippen LogP contribution in [0.3, 0.4) is 0 Å². The molecule has 3 aromatic carbocycles. The van der Waals surface area contributed by atoms with E-state index in [1.807, 2.05) is 30.3 Å².